The largest absolute Gasteiger partial charge is 0.497 e. The zero-order valence-electron chi connectivity index (χ0n) is 17.4. The number of hydrazone groups is 1. The summed E-state index contributed by atoms with van der Waals surface area (Å²) in [4.78, 5) is 17.4. The van der Waals surface area contributed by atoms with E-state index in [2.05, 4.69) is 36.8 Å². The summed E-state index contributed by atoms with van der Waals surface area (Å²) in [5, 5.41) is 9.00. The molecule has 0 aliphatic heterocycles. The van der Waals surface area contributed by atoms with Crippen LogP contribution in [0.15, 0.2) is 82.4 Å². The molecule has 1 amide bonds. The SMILES string of the molecule is COc1ccc(/C=N/Nc2nc(-c3ccc(Cl)cc3)c(NC(=O)c3ccc(Br)cc3)s2)cc1. The minimum Gasteiger partial charge on any atom is -0.497 e. The van der Waals surface area contributed by atoms with Crippen LogP contribution in [0.25, 0.3) is 11.3 Å². The first-order valence-corrected chi connectivity index (χ1v) is 11.8. The number of carbonyl (C=O) groups excluding carboxylic acids is 1. The van der Waals surface area contributed by atoms with Gasteiger partial charge in [0.05, 0.1) is 13.3 Å². The molecule has 0 saturated heterocycles. The zero-order valence-corrected chi connectivity index (χ0v) is 20.5. The highest BCUT2D eigenvalue weighted by Crippen LogP contribution is 2.36. The normalized spacial score (nSPS) is 10.9. The number of hydrogen-bond acceptors (Lipinski definition) is 6. The van der Waals surface area contributed by atoms with Crippen molar-refractivity contribution in [1.29, 1.82) is 0 Å². The molecule has 0 radical (unpaired) electrons. The summed E-state index contributed by atoms with van der Waals surface area (Å²) in [6.45, 7) is 0. The van der Waals surface area contributed by atoms with E-state index in [9.17, 15) is 4.79 Å². The number of nitrogens with zero attached hydrogens (tertiary/aromatic N) is 2. The molecule has 0 aliphatic rings. The van der Waals surface area contributed by atoms with Gasteiger partial charge in [0.25, 0.3) is 5.91 Å². The van der Waals surface area contributed by atoms with E-state index in [-0.39, 0.29) is 5.91 Å². The second-order valence-corrected chi connectivity index (χ2v) is 9.16. The number of halogens is 2. The molecular formula is C24H18BrClN4O2S. The molecular weight excluding hydrogens is 524 g/mol. The predicted octanol–water partition coefficient (Wildman–Crippen LogP) is 6.93. The lowest BCUT2D eigenvalue weighted by Gasteiger charge is -2.06. The number of ether oxygens (including phenoxy) is 1. The van der Waals surface area contributed by atoms with E-state index < -0.39 is 0 Å². The Morgan fingerprint density at radius 1 is 1.06 bits per heavy atom. The fraction of sp³-hybridized carbons (Fsp3) is 0.0417. The average Bonchev–Trinajstić information content (AvgIpc) is 3.22. The number of amides is 1. The highest BCUT2D eigenvalue weighted by molar-refractivity contribution is 9.10. The van der Waals surface area contributed by atoms with Crippen molar-refractivity contribution in [3.63, 3.8) is 0 Å². The molecule has 166 valence electrons. The van der Waals surface area contributed by atoms with Crippen LogP contribution in [0.2, 0.25) is 5.02 Å². The van der Waals surface area contributed by atoms with Crippen LogP contribution in [-0.4, -0.2) is 24.2 Å². The number of thiazole rings is 1. The van der Waals surface area contributed by atoms with Crippen LogP contribution in [0.3, 0.4) is 0 Å². The first-order chi connectivity index (χ1) is 16.0. The molecule has 9 heteroatoms. The van der Waals surface area contributed by atoms with Gasteiger partial charge in [-0.1, -0.05) is 51.0 Å². The van der Waals surface area contributed by atoms with Crippen molar-refractivity contribution in [2.24, 2.45) is 5.10 Å². The Balaban J connectivity index is 1.57. The maximum atomic E-state index is 12.8. The summed E-state index contributed by atoms with van der Waals surface area (Å²) in [6, 6.07) is 21.9. The second kappa shape index (κ2) is 10.6. The molecule has 2 N–H and O–H groups in total. The number of benzene rings is 3. The molecule has 1 heterocycles. The third-order valence-electron chi connectivity index (χ3n) is 4.57. The molecule has 33 heavy (non-hydrogen) atoms. The van der Waals surface area contributed by atoms with Crippen molar-refractivity contribution in [2.45, 2.75) is 0 Å². The van der Waals surface area contributed by atoms with Gasteiger partial charge in [-0.15, -0.1) is 0 Å². The molecule has 0 spiro atoms. The quantitative estimate of drug-likeness (QED) is 0.196. The van der Waals surface area contributed by atoms with Crippen molar-refractivity contribution in [2.75, 3.05) is 17.9 Å². The van der Waals surface area contributed by atoms with E-state index in [1.54, 1.807) is 37.6 Å². The van der Waals surface area contributed by atoms with E-state index in [1.807, 2.05) is 48.5 Å². The van der Waals surface area contributed by atoms with Gasteiger partial charge in [-0.05, 0) is 66.2 Å². The van der Waals surface area contributed by atoms with Crippen LogP contribution in [0.1, 0.15) is 15.9 Å². The standard InChI is InChI=1S/C24H18BrClN4O2S/c1-32-20-12-2-15(3-13-20)14-27-30-24-28-21(16-6-10-19(26)11-7-16)23(33-24)29-22(31)17-4-8-18(25)9-5-17/h2-14H,1H3,(H,28,30)(H,29,31)/b27-14+. The van der Waals surface area contributed by atoms with Gasteiger partial charge in [0, 0.05) is 20.6 Å². The molecule has 0 bridgehead atoms. The fourth-order valence-electron chi connectivity index (χ4n) is 2.88. The summed E-state index contributed by atoms with van der Waals surface area (Å²) in [5.41, 5.74) is 5.85. The zero-order chi connectivity index (χ0) is 23.2. The summed E-state index contributed by atoms with van der Waals surface area (Å²) >= 11 is 10.7. The highest BCUT2D eigenvalue weighted by Gasteiger charge is 2.16. The predicted molar refractivity (Wildman–Crippen MR) is 139 cm³/mol. The minimum absolute atomic E-state index is 0.227. The van der Waals surface area contributed by atoms with Gasteiger partial charge >= 0.3 is 0 Å². The lowest BCUT2D eigenvalue weighted by molar-refractivity contribution is 0.102. The summed E-state index contributed by atoms with van der Waals surface area (Å²) in [6.07, 6.45) is 1.68. The van der Waals surface area contributed by atoms with Crippen LogP contribution in [-0.2, 0) is 0 Å². The van der Waals surface area contributed by atoms with Crippen molar-refractivity contribution in [3.8, 4) is 17.0 Å². The maximum absolute atomic E-state index is 12.8. The van der Waals surface area contributed by atoms with Gasteiger partial charge in [-0.25, -0.2) is 4.98 Å². The Morgan fingerprint density at radius 3 is 2.42 bits per heavy atom. The van der Waals surface area contributed by atoms with Crippen molar-refractivity contribution in [3.05, 3.63) is 93.4 Å². The Hall–Kier alpha value is -3.20. The van der Waals surface area contributed by atoms with E-state index in [0.29, 0.717) is 26.4 Å². The monoisotopic (exact) mass is 540 g/mol. The van der Waals surface area contributed by atoms with E-state index in [4.69, 9.17) is 16.3 Å². The van der Waals surface area contributed by atoms with Gasteiger partial charge < -0.3 is 10.1 Å². The first-order valence-electron chi connectivity index (χ1n) is 9.78. The van der Waals surface area contributed by atoms with E-state index >= 15 is 0 Å². The number of aromatic nitrogens is 1. The van der Waals surface area contributed by atoms with Gasteiger partial charge in [0.15, 0.2) is 0 Å². The maximum Gasteiger partial charge on any atom is 0.256 e. The third-order valence-corrected chi connectivity index (χ3v) is 6.22. The van der Waals surface area contributed by atoms with Gasteiger partial charge in [0.2, 0.25) is 5.13 Å². The van der Waals surface area contributed by atoms with E-state index in [0.717, 1.165) is 21.3 Å². The molecule has 1 aromatic heterocycles. The number of rotatable bonds is 7. The molecule has 4 rings (SSSR count). The van der Waals surface area contributed by atoms with Gasteiger partial charge in [0.1, 0.15) is 16.4 Å². The number of nitrogens with one attached hydrogen (secondary N) is 2. The van der Waals surface area contributed by atoms with Crippen LogP contribution < -0.4 is 15.5 Å². The first kappa shape index (κ1) is 23.0. The Labute approximate surface area is 208 Å². The van der Waals surface area contributed by atoms with E-state index in [1.165, 1.54) is 11.3 Å². The summed E-state index contributed by atoms with van der Waals surface area (Å²) in [5.74, 6) is 0.549. The number of hydrogen-bond donors (Lipinski definition) is 2. The Kier molecular flexibility index (Phi) is 7.39. The topological polar surface area (TPSA) is 75.6 Å². The van der Waals surface area contributed by atoms with Crippen molar-refractivity contribution >= 4 is 61.1 Å². The molecule has 6 nitrogen and oxygen atoms in total. The smallest absolute Gasteiger partial charge is 0.256 e. The molecule has 0 saturated carbocycles. The minimum atomic E-state index is -0.227. The average molecular weight is 542 g/mol. The van der Waals surface area contributed by atoms with Crippen LogP contribution in [0.5, 0.6) is 5.75 Å². The number of anilines is 2. The van der Waals surface area contributed by atoms with Crippen molar-refractivity contribution < 1.29 is 9.53 Å². The fourth-order valence-corrected chi connectivity index (χ4v) is 4.11. The van der Waals surface area contributed by atoms with Gasteiger partial charge in [-0.2, -0.15) is 5.10 Å². The molecule has 4 aromatic rings. The van der Waals surface area contributed by atoms with Gasteiger partial charge in [-0.3, -0.25) is 10.2 Å². The third kappa shape index (κ3) is 5.98. The Bertz CT molecular complexity index is 1270. The van der Waals surface area contributed by atoms with Crippen LogP contribution in [0.4, 0.5) is 10.1 Å². The molecule has 0 fully saturated rings. The lowest BCUT2D eigenvalue weighted by Crippen LogP contribution is -2.11. The lowest BCUT2D eigenvalue weighted by atomic mass is 10.1. The van der Waals surface area contributed by atoms with Crippen LogP contribution in [0, 0.1) is 0 Å². The Morgan fingerprint density at radius 2 is 1.76 bits per heavy atom. The number of methoxy groups -OCH3 is 1. The summed E-state index contributed by atoms with van der Waals surface area (Å²) in [7, 11) is 1.62. The second-order valence-electron chi connectivity index (χ2n) is 6.81. The molecule has 0 aliphatic carbocycles. The van der Waals surface area contributed by atoms with Crippen molar-refractivity contribution in [1.82, 2.24) is 4.98 Å². The summed E-state index contributed by atoms with van der Waals surface area (Å²) < 4.78 is 6.07. The molecule has 3 aromatic carbocycles. The number of carbonyl (C=O) groups is 1. The van der Waals surface area contributed by atoms with Crippen LogP contribution >= 0.6 is 38.9 Å². The molecule has 0 unspecified atom stereocenters. The highest BCUT2D eigenvalue weighted by atomic mass is 79.9. The molecule has 0 atom stereocenters.